The van der Waals surface area contributed by atoms with Gasteiger partial charge in [-0.1, -0.05) is 48.5 Å². The van der Waals surface area contributed by atoms with Crippen LogP contribution in [0.5, 0.6) is 5.75 Å². The van der Waals surface area contributed by atoms with E-state index < -0.39 is 5.54 Å². The lowest BCUT2D eigenvalue weighted by atomic mass is 9.82. The van der Waals surface area contributed by atoms with E-state index in [2.05, 4.69) is 23.1 Å². The second-order valence-corrected chi connectivity index (χ2v) is 7.14. The van der Waals surface area contributed by atoms with Crippen LogP contribution in [0.25, 0.3) is 5.57 Å². The maximum atomic E-state index is 13.1. The maximum Gasteiger partial charge on any atom is 0.331 e. The quantitative estimate of drug-likeness (QED) is 0.778. The van der Waals surface area contributed by atoms with Crippen LogP contribution in [0.2, 0.25) is 0 Å². The molecule has 0 aliphatic carbocycles. The molecule has 4 nitrogen and oxygen atoms in total. The summed E-state index contributed by atoms with van der Waals surface area (Å²) in [4.78, 5) is 15.5. The molecule has 2 aromatic carbocycles. The highest BCUT2D eigenvalue weighted by molar-refractivity contribution is 6.01. The van der Waals surface area contributed by atoms with Gasteiger partial charge in [-0.25, -0.2) is 4.79 Å². The summed E-state index contributed by atoms with van der Waals surface area (Å²) in [7, 11) is 1.49. The van der Waals surface area contributed by atoms with E-state index in [0.29, 0.717) is 6.61 Å². The topological polar surface area (TPSA) is 38.8 Å². The number of rotatable bonds is 2. The maximum absolute atomic E-state index is 13.1. The average molecular weight is 347 g/mol. The number of hydrogen-bond acceptors (Lipinski definition) is 4. The number of carbonyl (C=O) groups is 1. The van der Waals surface area contributed by atoms with Gasteiger partial charge in [0.25, 0.3) is 0 Å². The van der Waals surface area contributed by atoms with E-state index in [4.69, 9.17) is 9.47 Å². The van der Waals surface area contributed by atoms with E-state index in [1.807, 2.05) is 36.4 Å². The van der Waals surface area contributed by atoms with Gasteiger partial charge in [0, 0.05) is 12.1 Å². The van der Waals surface area contributed by atoms with E-state index in [0.717, 1.165) is 41.8 Å². The van der Waals surface area contributed by atoms with E-state index in [1.165, 1.54) is 12.7 Å². The molecule has 3 aliphatic heterocycles. The fourth-order valence-electron chi connectivity index (χ4n) is 5.07. The van der Waals surface area contributed by atoms with E-state index in [1.54, 1.807) is 0 Å². The highest BCUT2D eigenvalue weighted by atomic mass is 16.5. The number of ether oxygens (including phenoxy) is 2. The number of fused-ring (bicyclic) bond motifs is 5. The smallest absolute Gasteiger partial charge is 0.331 e. The molecule has 4 heteroatoms. The second kappa shape index (κ2) is 5.71. The van der Waals surface area contributed by atoms with Crippen molar-refractivity contribution >= 4 is 11.5 Å². The van der Waals surface area contributed by atoms with Crippen LogP contribution in [-0.4, -0.2) is 36.7 Å². The molecule has 26 heavy (non-hydrogen) atoms. The summed E-state index contributed by atoms with van der Waals surface area (Å²) in [6, 6.07) is 18.5. The van der Waals surface area contributed by atoms with Crippen LogP contribution >= 0.6 is 0 Å². The monoisotopic (exact) mass is 347 g/mol. The molecule has 1 saturated heterocycles. The van der Waals surface area contributed by atoms with Gasteiger partial charge in [0.15, 0.2) is 0 Å². The molecule has 1 fully saturated rings. The minimum Gasteiger partial charge on any atom is -0.489 e. The Morgan fingerprint density at radius 3 is 2.73 bits per heavy atom. The van der Waals surface area contributed by atoms with Crippen molar-refractivity contribution in [1.29, 1.82) is 0 Å². The van der Waals surface area contributed by atoms with Crippen molar-refractivity contribution in [2.45, 2.75) is 24.4 Å². The zero-order valence-electron chi connectivity index (χ0n) is 14.8. The van der Waals surface area contributed by atoms with Crippen molar-refractivity contribution in [1.82, 2.24) is 4.90 Å². The van der Waals surface area contributed by atoms with Crippen molar-refractivity contribution < 1.29 is 14.3 Å². The molecule has 132 valence electrons. The van der Waals surface area contributed by atoms with Crippen molar-refractivity contribution in [2.24, 2.45) is 0 Å². The summed E-state index contributed by atoms with van der Waals surface area (Å²) in [6.45, 7) is 1.40. The molecular weight excluding hydrogens is 326 g/mol. The predicted octanol–water partition coefficient (Wildman–Crippen LogP) is 3.60. The average Bonchev–Trinajstić information content (AvgIpc) is 3.24. The molecule has 3 aliphatic rings. The summed E-state index contributed by atoms with van der Waals surface area (Å²) in [6.07, 6.45) is 1.77. The minimum absolute atomic E-state index is 0.0803. The number of para-hydroxylation sites is 1. The van der Waals surface area contributed by atoms with Gasteiger partial charge in [-0.2, -0.15) is 0 Å². The molecule has 2 aromatic rings. The second-order valence-electron chi connectivity index (χ2n) is 7.14. The molecule has 0 aromatic heterocycles. The van der Waals surface area contributed by atoms with Crippen LogP contribution in [0, 0.1) is 0 Å². The molecular formula is C22H21NO3. The van der Waals surface area contributed by atoms with Crippen LogP contribution in [0.3, 0.4) is 0 Å². The molecule has 0 saturated carbocycles. The zero-order chi connectivity index (χ0) is 17.7. The van der Waals surface area contributed by atoms with Crippen LogP contribution in [0.1, 0.15) is 30.0 Å². The SMILES string of the molecule is COC(=O)[C@@]12CCCN1[C@H]1C(=C2c2ccccc2)COc2ccccc21. The van der Waals surface area contributed by atoms with Gasteiger partial charge in [0.05, 0.1) is 13.2 Å². The Morgan fingerprint density at radius 1 is 1.15 bits per heavy atom. The van der Waals surface area contributed by atoms with Gasteiger partial charge in [0.2, 0.25) is 0 Å². The number of benzene rings is 2. The molecule has 0 radical (unpaired) electrons. The van der Waals surface area contributed by atoms with Crippen LogP contribution in [0.15, 0.2) is 60.2 Å². The highest BCUT2D eigenvalue weighted by Gasteiger charge is 2.61. The van der Waals surface area contributed by atoms with Crippen molar-refractivity contribution in [2.75, 3.05) is 20.3 Å². The van der Waals surface area contributed by atoms with Crippen LogP contribution in [0.4, 0.5) is 0 Å². The summed E-state index contributed by atoms with van der Waals surface area (Å²) in [5.41, 5.74) is 3.80. The number of methoxy groups -OCH3 is 1. The van der Waals surface area contributed by atoms with Crippen LogP contribution < -0.4 is 4.74 Å². The first kappa shape index (κ1) is 15.6. The van der Waals surface area contributed by atoms with E-state index >= 15 is 0 Å². The lowest BCUT2D eigenvalue weighted by Gasteiger charge is -2.36. The number of nitrogens with zero attached hydrogens (tertiary/aromatic N) is 1. The summed E-state index contributed by atoms with van der Waals surface area (Å²) >= 11 is 0. The Labute approximate surface area is 153 Å². The molecule has 0 amide bonds. The molecule has 0 spiro atoms. The zero-order valence-corrected chi connectivity index (χ0v) is 14.8. The Kier molecular flexibility index (Phi) is 3.44. The molecule has 3 heterocycles. The molecule has 0 unspecified atom stereocenters. The third-order valence-electron chi connectivity index (χ3n) is 5.99. The van der Waals surface area contributed by atoms with Gasteiger partial charge >= 0.3 is 5.97 Å². The van der Waals surface area contributed by atoms with Gasteiger partial charge < -0.3 is 9.47 Å². The van der Waals surface area contributed by atoms with Crippen molar-refractivity contribution in [3.8, 4) is 5.75 Å². The molecule has 0 bridgehead atoms. The van der Waals surface area contributed by atoms with Crippen LogP contribution in [-0.2, 0) is 9.53 Å². The molecule has 5 rings (SSSR count). The number of esters is 1. The third-order valence-corrected chi connectivity index (χ3v) is 5.99. The first-order valence-electron chi connectivity index (χ1n) is 9.13. The lowest BCUT2D eigenvalue weighted by molar-refractivity contribution is -0.149. The first-order chi connectivity index (χ1) is 12.8. The number of hydrogen-bond donors (Lipinski definition) is 0. The Hall–Kier alpha value is -2.59. The third kappa shape index (κ3) is 1.91. The normalized spacial score (nSPS) is 26.7. The summed E-state index contributed by atoms with van der Waals surface area (Å²) < 4.78 is 11.4. The fraction of sp³-hybridized carbons (Fsp3) is 0.318. The van der Waals surface area contributed by atoms with Gasteiger partial charge in [0.1, 0.15) is 17.9 Å². The molecule has 2 atom stereocenters. The van der Waals surface area contributed by atoms with Gasteiger partial charge in [-0.15, -0.1) is 0 Å². The minimum atomic E-state index is -0.711. The lowest BCUT2D eigenvalue weighted by Crippen LogP contribution is -2.49. The highest BCUT2D eigenvalue weighted by Crippen LogP contribution is 2.58. The first-order valence-corrected chi connectivity index (χ1v) is 9.13. The number of carbonyl (C=O) groups excluding carboxylic acids is 1. The van der Waals surface area contributed by atoms with E-state index in [-0.39, 0.29) is 12.0 Å². The largest absolute Gasteiger partial charge is 0.489 e. The van der Waals surface area contributed by atoms with Gasteiger partial charge in [-0.05, 0) is 35.6 Å². The fourth-order valence-corrected chi connectivity index (χ4v) is 5.07. The summed E-state index contributed by atoms with van der Waals surface area (Å²) in [5.74, 6) is 0.759. The standard InChI is InChI=1S/C22H21NO3/c1-25-21(24)22-12-7-13-23(22)20-16-10-5-6-11-18(16)26-14-17(20)19(22)15-8-3-2-4-9-15/h2-6,8-11,20H,7,12-14H2,1H3/t20-,22+/m1/s1. The molecule has 0 N–H and O–H groups in total. The summed E-state index contributed by atoms with van der Waals surface area (Å²) in [5, 5.41) is 0. The van der Waals surface area contributed by atoms with E-state index in [9.17, 15) is 4.79 Å². The predicted molar refractivity (Wildman–Crippen MR) is 98.7 cm³/mol. The Morgan fingerprint density at radius 2 is 1.92 bits per heavy atom. The Balaban J connectivity index is 1.79. The Bertz CT molecular complexity index is 905. The van der Waals surface area contributed by atoms with Crippen molar-refractivity contribution in [3.63, 3.8) is 0 Å². The van der Waals surface area contributed by atoms with Gasteiger partial charge in [-0.3, -0.25) is 4.90 Å². The van der Waals surface area contributed by atoms with Crippen molar-refractivity contribution in [3.05, 3.63) is 71.3 Å².